The van der Waals surface area contributed by atoms with Gasteiger partial charge in [-0.25, -0.2) is 15.3 Å². The number of rotatable bonds is 8. The van der Waals surface area contributed by atoms with E-state index in [4.69, 9.17) is 14.2 Å². The van der Waals surface area contributed by atoms with Crippen molar-refractivity contribution in [3.8, 4) is 17.2 Å². The molecule has 11 nitrogen and oxygen atoms in total. The number of carbonyl (C=O) groups excluding carboxylic acids is 1. The Morgan fingerprint density at radius 2 is 1.89 bits per heavy atom. The van der Waals surface area contributed by atoms with Crippen molar-refractivity contribution < 1.29 is 19.0 Å². The lowest BCUT2D eigenvalue weighted by Crippen LogP contribution is -2.26. The van der Waals surface area contributed by atoms with Gasteiger partial charge in [-0.3, -0.25) is 14.6 Å². The molecule has 1 heterocycles. The Kier molecular flexibility index (Phi) is 7.00. The molecule has 2 rings (SSSR count). The molecule has 0 fully saturated rings. The summed E-state index contributed by atoms with van der Waals surface area (Å²) in [5.74, 6) is 0.758. The zero-order valence-corrected chi connectivity index (χ0v) is 15.5. The average molecular weight is 395 g/mol. The van der Waals surface area contributed by atoms with Crippen LogP contribution in [0.15, 0.2) is 31.8 Å². The van der Waals surface area contributed by atoms with Crippen LogP contribution in [0.25, 0.3) is 0 Å². The average Bonchev–Trinajstić information content (AvgIpc) is 2.66. The number of hydrogen-bond acceptors (Lipinski definition) is 9. The van der Waals surface area contributed by atoms with Gasteiger partial charge >= 0.3 is 5.69 Å². The van der Waals surface area contributed by atoms with Gasteiger partial charge in [0.05, 0.1) is 33.3 Å². The van der Waals surface area contributed by atoms with Crippen molar-refractivity contribution in [1.82, 2.24) is 20.6 Å². The first kappa shape index (κ1) is 20.0. The highest BCUT2D eigenvalue weighted by molar-refractivity contribution is 7.99. The molecule has 1 aromatic heterocycles. The number of aromatic amines is 2. The first-order valence-electron chi connectivity index (χ1n) is 7.42. The maximum absolute atomic E-state index is 11.8. The molecular formula is C15H17N5O6S. The fourth-order valence-electron chi connectivity index (χ4n) is 1.96. The summed E-state index contributed by atoms with van der Waals surface area (Å²) < 4.78 is 15.7. The van der Waals surface area contributed by atoms with Gasteiger partial charge in [0.15, 0.2) is 16.5 Å². The number of thioether (sulfide) groups is 1. The van der Waals surface area contributed by atoms with Crippen molar-refractivity contribution >= 4 is 23.9 Å². The summed E-state index contributed by atoms with van der Waals surface area (Å²) in [4.78, 5) is 36.2. The fourth-order valence-corrected chi connectivity index (χ4v) is 2.58. The highest BCUT2D eigenvalue weighted by Crippen LogP contribution is 2.37. The van der Waals surface area contributed by atoms with Gasteiger partial charge in [-0.2, -0.15) is 10.2 Å². The second-order valence-electron chi connectivity index (χ2n) is 4.85. The smallest absolute Gasteiger partial charge is 0.342 e. The third-order valence-electron chi connectivity index (χ3n) is 3.11. The van der Waals surface area contributed by atoms with E-state index < -0.39 is 17.2 Å². The van der Waals surface area contributed by atoms with Crippen molar-refractivity contribution in [2.75, 3.05) is 27.1 Å². The van der Waals surface area contributed by atoms with E-state index in [0.29, 0.717) is 22.8 Å². The van der Waals surface area contributed by atoms with Crippen LogP contribution in [0, 0.1) is 0 Å². The number of carbonyl (C=O) groups is 1. The van der Waals surface area contributed by atoms with Gasteiger partial charge in [0.2, 0.25) is 11.7 Å². The number of hydrogen-bond donors (Lipinski definition) is 3. The predicted molar refractivity (Wildman–Crippen MR) is 98.0 cm³/mol. The van der Waals surface area contributed by atoms with Crippen LogP contribution in [0.4, 0.5) is 0 Å². The van der Waals surface area contributed by atoms with Crippen LogP contribution in [-0.2, 0) is 4.79 Å². The molecule has 3 N–H and O–H groups in total. The van der Waals surface area contributed by atoms with Crippen LogP contribution in [0.2, 0.25) is 0 Å². The van der Waals surface area contributed by atoms with Crippen molar-refractivity contribution in [2.45, 2.75) is 5.03 Å². The molecular weight excluding hydrogens is 378 g/mol. The minimum absolute atomic E-state index is 0.0293. The molecule has 1 amide bonds. The van der Waals surface area contributed by atoms with Gasteiger partial charge in [-0.15, -0.1) is 0 Å². The monoisotopic (exact) mass is 395 g/mol. The van der Waals surface area contributed by atoms with Crippen LogP contribution in [0.3, 0.4) is 0 Å². The summed E-state index contributed by atoms with van der Waals surface area (Å²) in [6.07, 6.45) is 1.40. The molecule has 0 aliphatic heterocycles. The third kappa shape index (κ3) is 5.34. The summed E-state index contributed by atoms with van der Waals surface area (Å²) in [5, 5.41) is 9.45. The fraction of sp³-hybridized carbons (Fsp3) is 0.267. The van der Waals surface area contributed by atoms with Gasteiger partial charge in [-0.1, -0.05) is 11.8 Å². The van der Waals surface area contributed by atoms with E-state index in [-0.39, 0.29) is 10.8 Å². The Morgan fingerprint density at radius 1 is 1.22 bits per heavy atom. The Labute approximate surface area is 157 Å². The van der Waals surface area contributed by atoms with Crippen molar-refractivity contribution in [1.29, 1.82) is 0 Å². The molecule has 0 radical (unpaired) electrons. The van der Waals surface area contributed by atoms with Crippen LogP contribution in [-0.4, -0.2) is 54.4 Å². The van der Waals surface area contributed by atoms with Crippen LogP contribution in [0.1, 0.15) is 5.56 Å². The number of aromatic nitrogens is 3. The summed E-state index contributed by atoms with van der Waals surface area (Å²) in [5.41, 5.74) is 1.54. The molecule has 0 saturated carbocycles. The number of hydrazone groups is 1. The SMILES string of the molecule is COc1cc(/C=N/NC(=O)CSc2n[nH]c(=O)[nH]c2=O)cc(OC)c1OC. The molecule has 0 spiro atoms. The highest BCUT2D eigenvalue weighted by atomic mass is 32.2. The minimum atomic E-state index is -0.719. The zero-order valence-electron chi connectivity index (χ0n) is 14.7. The van der Waals surface area contributed by atoms with Gasteiger partial charge in [0, 0.05) is 5.56 Å². The molecule has 0 aliphatic carbocycles. The van der Waals surface area contributed by atoms with E-state index >= 15 is 0 Å². The maximum atomic E-state index is 11.8. The Bertz CT molecular complexity index is 929. The van der Waals surface area contributed by atoms with Crippen molar-refractivity contribution in [3.05, 3.63) is 38.5 Å². The van der Waals surface area contributed by atoms with Crippen molar-refractivity contribution in [2.24, 2.45) is 5.10 Å². The molecule has 12 heteroatoms. The summed E-state index contributed by atoms with van der Waals surface area (Å²) in [7, 11) is 4.47. The predicted octanol–water partition coefficient (Wildman–Crippen LogP) is -0.274. The van der Waals surface area contributed by atoms with Crippen LogP contribution < -0.4 is 30.9 Å². The van der Waals surface area contributed by atoms with E-state index in [9.17, 15) is 14.4 Å². The second kappa shape index (κ2) is 9.43. The number of methoxy groups -OCH3 is 3. The normalized spacial score (nSPS) is 10.6. The lowest BCUT2D eigenvalue weighted by atomic mass is 10.2. The lowest BCUT2D eigenvalue weighted by molar-refractivity contribution is -0.118. The molecule has 2 aromatic rings. The number of ether oxygens (including phenoxy) is 3. The largest absolute Gasteiger partial charge is 0.493 e. The summed E-state index contributed by atoms with van der Waals surface area (Å²) in [6.45, 7) is 0. The lowest BCUT2D eigenvalue weighted by Gasteiger charge is -2.12. The number of nitrogens with one attached hydrogen (secondary N) is 3. The summed E-state index contributed by atoms with van der Waals surface area (Å²) in [6, 6.07) is 3.32. The molecule has 0 atom stereocenters. The molecule has 0 unspecified atom stereocenters. The van der Waals surface area contributed by atoms with Gasteiger partial charge in [0.25, 0.3) is 5.56 Å². The van der Waals surface area contributed by atoms with E-state index in [2.05, 4.69) is 20.7 Å². The number of nitrogens with zero attached hydrogens (tertiary/aromatic N) is 2. The zero-order chi connectivity index (χ0) is 19.8. The molecule has 0 aliphatic rings. The first-order valence-corrected chi connectivity index (χ1v) is 8.40. The highest BCUT2D eigenvalue weighted by Gasteiger charge is 2.12. The molecule has 144 valence electrons. The van der Waals surface area contributed by atoms with E-state index in [1.807, 2.05) is 4.98 Å². The third-order valence-corrected chi connectivity index (χ3v) is 4.07. The summed E-state index contributed by atoms with van der Waals surface area (Å²) >= 11 is 0.860. The van der Waals surface area contributed by atoms with Crippen LogP contribution in [0.5, 0.6) is 17.2 Å². The number of amides is 1. The quantitative estimate of drug-likeness (QED) is 0.314. The maximum Gasteiger partial charge on any atom is 0.342 e. The minimum Gasteiger partial charge on any atom is -0.493 e. The Balaban J connectivity index is 1.99. The van der Waals surface area contributed by atoms with E-state index in [0.717, 1.165) is 11.8 Å². The first-order chi connectivity index (χ1) is 13.0. The van der Waals surface area contributed by atoms with Crippen molar-refractivity contribution in [3.63, 3.8) is 0 Å². The Morgan fingerprint density at radius 3 is 2.44 bits per heavy atom. The topological polar surface area (TPSA) is 148 Å². The molecule has 0 saturated heterocycles. The standard InChI is InChI=1S/C15H17N5O6S/c1-24-9-4-8(5-10(25-2)12(9)26-3)6-16-18-11(21)7-27-14-13(22)17-15(23)20-19-14/h4-6H,7H2,1-3H3,(H,18,21)(H2,17,20,22,23)/b16-6+. The number of H-pyrrole nitrogens is 2. The van der Waals surface area contributed by atoms with Gasteiger partial charge in [-0.05, 0) is 12.1 Å². The van der Waals surface area contributed by atoms with E-state index in [1.165, 1.54) is 27.5 Å². The molecule has 0 bridgehead atoms. The van der Waals surface area contributed by atoms with Crippen LogP contribution >= 0.6 is 11.8 Å². The van der Waals surface area contributed by atoms with Gasteiger partial charge in [0.1, 0.15) is 0 Å². The van der Waals surface area contributed by atoms with Gasteiger partial charge < -0.3 is 14.2 Å². The second-order valence-corrected chi connectivity index (χ2v) is 5.82. The van der Waals surface area contributed by atoms with E-state index in [1.54, 1.807) is 12.1 Å². The Hall–Kier alpha value is -3.28. The molecule has 1 aromatic carbocycles. The molecule has 27 heavy (non-hydrogen) atoms. The number of benzene rings is 1.